The minimum absolute atomic E-state index is 0.181. The van der Waals surface area contributed by atoms with Crippen LogP contribution in [-0.4, -0.2) is 64.7 Å². The van der Waals surface area contributed by atoms with Crippen molar-refractivity contribution in [3.05, 3.63) is 83.7 Å². The molecule has 1 atom stereocenters. The Morgan fingerprint density at radius 3 is 2.36 bits per heavy atom. The molecule has 0 fully saturated rings. The zero-order chi connectivity index (χ0) is 30.6. The van der Waals surface area contributed by atoms with Crippen LogP contribution in [-0.2, 0) is 16.0 Å². The largest absolute Gasteiger partial charge is 0.497 e. The number of thioether (sulfide) groups is 1. The number of nitrogens with zero attached hydrogens (tertiary/aromatic N) is 5. The molecule has 10 nitrogen and oxygen atoms in total. The summed E-state index contributed by atoms with van der Waals surface area (Å²) in [4.78, 5) is 44.3. The summed E-state index contributed by atoms with van der Waals surface area (Å²) < 4.78 is 5.22. The topological polar surface area (TPSA) is 121 Å². The highest BCUT2D eigenvalue weighted by Gasteiger charge is 2.27. The van der Waals surface area contributed by atoms with Crippen LogP contribution in [0, 0.1) is 0 Å². The van der Waals surface area contributed by atoms with Crippen LogP contribution in [0.15, 0.2) is 72.4 Å². The number of ether oxygens (including phenoxy) is 1. The average Bonchev–Trinajstić information content (AvgIpc) is 3.01. The molecule has 0 bridgehead atoms. The summed E-state index contributed by atoms with van der Waals surface area (Å²) in [6, 6.07) is 11.8. The van der Waals surface area contributed by atoms with Crippen LogP contribution in [0.3, 0.4) is 0 Å². The fraction of sp³-hybridized carbons (Fsp3) is 0.323. The second-order valence-electron chi connectivity index (χ2n) is 9.11. The number of hydrogen-bond acceptors (Lipinski definition) is 9. The van der Waals surface area contributed by atoms with Crippen molar-refractivity contribution in [3.63, 3.8) is 0 Å². The molecule has 2 heterocycles. The van der Waals surface area contributed by atoms with E-state index in [1.807, 2.05) is 69.0 Å². The van der Waals surface area contributed by atoms with E-state index in [-0.39, 0.29) is 29.6 Å². The molecule has 11 heteroatoms. The Balaban J connectivity index is 1.96. The molecule has 0 aliphatic rings. The van der Waals surface area contributed by atoms with Gasteiger partial charge in [0.25, 0.3) is 5.91 Å². The number of likely N-dealkylation sites (N-methyl/N-ethyl adjacent to an activating group) is 1. The number of allylic oxidation sites excluding steroid dienone is 1. The number of methoxy groups -OCH3 is 1. The number of anilines is 3. The van der Waals surface area contributed by atoms with Crippen LogP contribution in [0.4, 0.5) is 17.5 Å². The van der Waals surface area contributed by atoms with E-state index in [2.05, 4.69) is 21.9 Å². The molecule has 3 aromatic rings. The van der Waals surface area contributed by atoms with Crippen LogP contribution >= 0.6 is 11.8 Å². The standard InChI is InChI=1S/C31H38N6O4S/c1-7-27(24-13-11-12-18-32-24)42-21(5)29(38)37(10-4)26-20-33-31(36(8-2)9-3)35-28(26)34-25(30(39)40)19-22-14-16-23(41-6)17-15-22/h7,11-18,20,25H,5,8-10,19H2,1-4,6H3,(H,39,40)(H,33,34,35)/b27-7-. The van der Waals surface area contributed by atoms with Gasteiger partial charge in [0.2, 0.25) is 5.95 Å². The Labute approximate surface area is 251 Å². The quantitative estimate of drug-likeness (QED) is 0.220. The van der Waals surface area contributed by atoms with Gasteiger partial charge >= 0.3 is 5.97 Å². The van der Waals surface area contributed by atoms with Gasteiger partial charge in [0, 0.05) is 37.2 Å². The zero-order valence-corrected chi connectivity index (χ0v) is 25.5. The number of benzene rings is 1. The van der Waals surface area contributed by atoms with Crippen molar-refractivity contribution < 1.29 is 19.4 Å². The molecule has 0 radical (unpaired) electrons. The second-order valence-corrected chi connectivity index (χ2v) is 10.2. The number of carboxylic acids is 1. The first-order valence-corrected chi connectivity index (χ1v) is 14.6. The summed E-state index contributed by atoms with van der Waals surface area (Å²) in [5.74, 6) is -0.0382. The maximum atomic E-state index is 13.7. The molecular weight excluding hydrogens is 552 g/mol. The third kappa shape index (κ3) is 8.10. The van der Waals surface area contributed by atoms with Crippen LogP contribution in [0.5, 0.6) is 5.75 Å². The second kappa shape index (κ2) is 15.6. The number of carbonyl (C=O) groups excluding carboxylic acids is 1. The third-order valence-electron chi connectivity index (χ3n) is 6.51. The van der Waals surface area contributed by atoms with Gasteiger partial charge in [-0.1, -0.05) is 42.6 Å². The highest BCUT2D eigenvalue weighted by Crippen LogP contribution is 2.35. The molecule has 1 aromatic carbocycles. The lowest BCUT2D eigenvalue weighted by atomic mass is 10.1. The number of pyridine rings is 1. The first-order chi connectivity index (χ1) is 20.3. The van der Waals surface area contributed by atoms with E-state index in [1.165, 1.54) is 16.7 Å². The Morgan fingerprint density at radius 1 is 1.10 bits per heavy atom. The average molecular weight is 591 g/mol. The predicted molar refractivity (Wildman–Crippen MR) is 170 cm³/mol. The Hall–Kier alpha value is -4.38. The summed E-state index contributed by atoms with van der Waals surface area (Å²) in [5, 5.41) is 13.2. The fourth-order valence-corrected chi connectivity index (χ4v) is 5.02. The Morgan fingerprint density at radius 2 is 1.81 bits per heavy atom. The van der Waals surface area contributed by atoms with Gasteiger partial charge in [0.05, 0.1) is 23.9 Å². The van der Waals surface area contributed by atoms with E-state index >= 15 is 0 Å². The fourth-order valence-electron chi connectivity index (χ4n) is 4.21. The number of carboxylic acid groups (broad SMARTS) is 1. The van der Waals surface area contributed by atoms with Crippen molar-refractivity contribution in [1.82, 2.24) is 15.0 Å². The van der Waals surface area contributed by atoms with E-state index in [0.29, 0.717) is 30.5 Å². The third-order valence-corrected chi connectivity index (χ3v) is 7.60. The molecule has 0 aliphatic heterocycles. The molecular formula is C31H38N6O4S. The predicted octanol–water partition coefficient (Wildman–Crippen LogP) is 5.50. The molecule has 1 unspecified atom stereocenters. The van der Waals surface area contributed by atoms with Crippen LogP contribution < -0.4 is 19.9 Å². The van der Waals surface area contributed by atoms with Gasteiger partial charge in [-0.25, -0.2) is 9.78 Å². The van der Waals surface area contributed by atoms with Crippen molar-refractivity contribution in [2.45, 2.75) is 40.2 Å². The van der Waals surface area contributed by atoms with Crippen LogP contribution in [0.1, 0.15) is 39.0 Å². The molecule has 0 aliphatic carbocycles. The lowest BCUT2D eigenvalue weighted by molar-refractivity contribution is -0.137. The van der Waals surface area contributed by atoms with E-state index in [9.17, 15) is 14.7 Å². The summed E-state index contributed by atoms with van der Waals surface area (Å²) in [6.07, 6.45) is 5.32. The first kappa shape index (κ1) is 32.1. The number of aromatic nitrogens is 3. The number of hydrogen-bond donors (Lipinski definition) is 2. The Kier molecular flexibility index (Phi) is 11.9. The van der Waals surface area contributed by atoms with E-state index in [1.54, 1.807) is 31.6 Å². The molecule has 1 amide bonds. The maximum Gasteiger partial charge on any atom is 0.326 e. The van der Waals surface area contributed by atoms with Gasteiger partial charge in [0.15, 0.2) is 5.82 Å². The monoisotopic (exact) mass is 590 g/mol. The molecule has 222 valence electrons. The van der Waals surface area contributed by atoms with Crippen molar-refractivity contribution in [3.8, 4) is 5.75 Å². The van der Waals surface area contributed by atoms with Gasteiger partial charge < -0.3 is 25.0 Å². The Bertz CT molecular complexity index is 1390. The van der Waals surface area contributed by atoms with Crippen molar-refractivity contribution in [2.24, 2.45) is 0 Å². The lowest BCUT2D eigenvalue weighted by Crippen LogP contribution is -2.36. The van der Waals surface area contributed by atoms with E-state index in [0.717, 1.165) is 16.2 Å². The maximum absolute atomic E-state index is 13.7. The molecule has 0 saturated carbocycles. The van der Waals surface area contributed by atoms with Gasteiger partial charge in [-0.3, -0.25) is 9.78 Å². The number of aliphatic carboxylic acids is 1. The summed E-state index contributed by atoms with van der Waals surface area (Å²) in [5.41, 5.74) is 1.90. The normalized spacial score (nSPS) is 11.9. The SMILES string of the molecule is C=C(S/C(=C\C)c1ccccn1)C(=O)N(CC)c1cnc(N(CC)CC)nc1NC(Cc1ccc(OC)cc1)C(=O)O. The van der Waals surface area contributed by atoms with Gasteiger partial charge in [-0.05, 0) is 57.5 Å². The van der Waals surface area contributed by atoms with Gasteiger partial charge in [-0.2, -0.15) is 4.98 Å². The minimum atomic E-state index is -1.05. The zero-order valence-electron chi connectivity index (χ0n) is 24.7. The molecule has 42 heavy (non-hydrogen) atoms. The molecule has 2 aromatic heterocycles. The van der Waals surface area contributed by atoms with Crippen molar-refractivity contribution >= 4 is 46.0 Å². The number of nitrogens with one attached hydrogen (secondary N) is 1. The van der Waals surface area contributed by atoms with Crippen molar-refractivity contribution in [2.75, 3.05) is 41.9 Å². The van der Waals surface area contributed by atoms with Gasteiger partial charge in [0.1, 0.15) is 17.5 Å². The highest BCUT2D eigenvalue weighted by atomic mass is 32.2. The molecule has 2 N–H and O–H groups in total. The summed E-state index contributed by atoms with van der Waals surface area (Å²) in [6.45, 7) is 13.3. The number of amides is 1. The smallest absolute Gasteiger partial charge is 0.326 e. The molecule has 0 spiro atoms. The molecule has 3 rings (SSSR count). The van der Waals surface area contributed by atoms with E-state index < -0.39 is 12.0 Å². The minimum Gasteiger partial charge on any atom is -0.497 e. The first-order valence-electron chi connectivity index (χ1n) is 13.8. The summed E-state index contributed by atoms with van der Waals surface area (Å²) in [7, 11) is 1.58. The lowest BCUT2D eigenvalue weighted by Gasteiger charge is -2.27. The van der Waals surface area contributed by atoms with Crippen LogP contribution in [0.25, 0.3) is 4.91 Å². The highest BCUT2D eigenvalue weighted by molar-refractivity contribution is 8.12. The van der Waals surface area contributed by atoms with Crippen LogP contribution in [0.2, 0.25) is 0 Å². The molecule has 0 saturated heterocycles. The van der Waals surface area contributed by atoms with Gasteiger partial charge in [-0.15, -0.1) is 0 Å². The van der Waals surface area contributed by atoms with Crippen molar-refractivity contribution in [1.29, 1.82) is 0 Å². The van der Waals surface area contributed by atoms with E-state index in [4.69, 9.17) is 9.72 Å². The number of carbonyl (C=O) groups is 2. The summed E-state index contributed by atoms with van der Waals surface area (Å²) >= 11 is 1.23. The number of rotatable bonds is 15.